The first-order valence-electron chi connectivity index (χ1n) is 6.53. The molecule has 2 aromatic rings. The lowest BCUT2D eigenvalue weighted by atomic mass is 10.1. The third kappa shape index (κ3) is 3.35. The van der Waals surface area contributed by atoms with E-state index in [1.165, 1.54) is 6.07 Å². The van der Waals surface area contributed by atoms with E-state index in [1.807, 2.05) is 13.0 Å². The Balaban J connectivity index is 2.34. The fourth-order valence-corrected chi connectivity index (χ4v) is 1.96. The van der Waals surface area contributed by atoms with Crippen molar-refractivity contribution in [1.29, 1.82) is 0 Å². The van der Waals surface area contributed by atoms with Gasteiger partial charge in [-0.1, -0.05) is 0 Å². The van der Waals surface area contributed by atoms with Crippen LogP contribution in [0.5, 0.6) is 11.6 Å². The van der Waals surface area contributed by atoms with E-state index in [4.69, 9.17) is 10.5 Å². The molecule has 21 heavy (non-hydrogen) atoms. The second-order valence-corrected chi connectivity index (χ2v) is 4.98. The van der Waals surface area contributed by atoms with Gasteiger partial charge in [-0.2, -0.15) is 0 Å². The summed E-state index contributed by atoms with van der Waals surface area (Å²) < 4.78 is 5.73. The Morgan fingerprint density at radius 1 is 1.29 bits per heavy atom. The van der Waals surface area contributed by atoms with Gasteiger partial charge in [0.25, 0.3) is 5.69 Å². The zero-order valence-electron chi connectivity index (χ0n) is 12.2. The molecular weight excluding hydrogens is 270 g/mol. The highest BCUT2D eigenvalue weighted by molar-refractivity contribution is 5.50. The van der Waals surface area contributed by atoms with Gasteiger partial charge in [-0.25, -0.2) is 4.98 Å². The predicted octanol–water partition coefficient (Wildman–Crippen LogP) is 3.42. The molecule has 1 atom stereocenters. The maximum absolute atomic E-state index is 10.9. The minimum absolute atomic E-state index is 0.0807. The number of pyridine rings is 1. The van der Waals surface area contributed by atoms with E-state index in [0.717, 1.165) is 5.56 Å². The van der Waals surface area contributed by atoms with Gasteiger partial charge >= 0.3 is 0 Å². The lowest BCUT2D eigenvalue weighted by molar-refractivity contribution is -0.385. The van der Waals surface area contributed by atoms with Gasteiger partial charge in [0.2, 0.25) is 5.88 Å². The minimum atomic E-state index is -0.402. The molecule has 1 heterocycles. The standard InChI is InChI=1S/C15H17N3O3/c1-9-7-14(10(2)6-13(9)18(19)20)21-15-8-12(11(3)16)4-5-17-15/h4-8,11H,16H2,1-3H3/t11-/m0/s1. The van der Waals surface area contributed by atoms with E-state index < -0.39 is 4.92 Å². The molecule has 2 rings (SSSR count). The third-order valence-electron chi connectivity index (χ3n) is 3.19. The maximum atomic E-state index is 10.9. The number of aromatic nitrogens is 1. The Hall–Kier alpha value is -2.47. The lowest BCUT2D eigenvalue weighted by Crippen LogP contribution is -2.05. The van der Waals surface area contributed by atoms with Crippen LogP contribution in [-0.2, 0) is 0 Å². The monoisotopic (exact) mass is 287 g/mol. The molecule has 6 nitrogen and oxygen atoms in total. The quantitative estimate of drug-likeness (QED) is 0.687. The van der Waals surface area contributed by atoms with Crippen molar-refractivity contribution in [2.24, 2.45) is 5.73 Å². The van der Waals surface area contributed by atoms with Gasteiger partial charge in [-0.3, -0.25) is 10.1 Å². The number of benzene rings is 1. The largest absolute Gasteiger partial charge is 0.439 e. The van der Waals surface area contributed by atoms with Crippen molar-refractivity contribution in [3.63, 3.8) is 0 Å². The van der Waals surface area contributed by atoms with Crippen molar-refractivity contribution in [2.75, 3.05) is 0 Å². The minimum Gasteiger partial charge on any atom is -0.439 e. The Bertz CT molecular complexity index is 684. The number of nitro groups is 1. The highest BCUT2D eigenvalue weighted by Crippen LogP contribution is 2.30. The molecule has 110 valence electrons. The number of hydrogen-bond donors (Lipinski definition) is 1. The molecule has 0 saturated heterocycles. The lowest BCUT2D eigenvalue weighted by Gasteiger charge is -2.11. The van der Waals surface area contributed by atoms with Gasteiger partial charge in [0.15, 0.2) is 0 Å². The highest BCUT2D eigenvalue weighted by Gasteiger charge is 2.15. The Kier molecular flexibility index (Phi) is 4.18. The molecule has 6 heteroatoms. The summed E-state index contributed by atoms with van der Waals surface area (Å²) in [6, 6.07) is 6.62. The summed E-state index contributed by atoms with van der Waals surface area (Å²) in [6.07, 6.45) is 1.63. The van der Waals surface area contributed by atoms with Crippen LogP contribution in [0.15, 0.2) is 30.5 Å². The summed E-state index contributed by atoms with van der Waals surface area (Å²) in [4.78, 5) is 14.6. The van der Waals surface area contributed by atoms with Crippen LogP contribution in [0.3, 0.4) is 0 Å². The molecule has 0 aliphatic carbocycles. The molecule has 1 aromatic heterocycles. The molecule has 0 bridgehead atoms. The zero-order valence-corrected chi connectivity index (χ0v) is 12.2. The van der Waals surface area contributed by atoms with Crippen molar-refractivity contribution in [1.82, 2.24) is 4.98 Å². The topological polar surface area (TPSA) is 91.3 Å². The van der Waals surface area contributed by atoms with Crippen LogP contribution >= 0.6 is 0 Å². The number of nitrogens with zero attached hydrogens (tertiary/aromatic N) is 2. The summed E-state index contributed by atoms with van der Waals surface area (Å²) in [5, 5.41) is 10.9. The third-order valence-corrected chi connectivity index (χ3v) is 3.19. The fourth-order valence-electron chi connectivity index (χ4n) is 1.96. The predicted molar refractivity (Wildman–Crippen MR) is 79.5 cm³/mol. The van der Waals surface area contributed by atoms with E-state index in [1.54, 1.807) is 32.2 Å². The Morgan fingerprint density at radius 2 is 2.00 bits per heavy atom. The van der Waals surface area contributed by atoms with Crippen LogP contribution in [0.1, 0.15) is 29.7 Å². The zero-order chi connectivity index (χ0) is 15.6. The molecule has 0 unspecified atom stereocenters. The van der Waals surface area contributed by atoms with E-state index in [9.17, 15) is 10.1 Å². The normalized spacial score (nSPS) is 12.0. The molecule has 0 fully saturated rings. The van der Waals surface area contributed by atoms with Crippen molar-refractivity contribution in [3.8, 4) is 11.6 Å². The average Bonchev–Trinajstić information content (AvgIpc) is 2.42. The summed E-state index contributed by atoms with van der Waals surface area (Å²) in [5.74, 6) is 0.966. The molecule has 1 aromatic carbocycles. The number of aryl methyl sites for hydroxylation is 2. The number of nitro benzene ring substituents is 1. The molecule has 2 N–H and O–H groups in total. The average molecular weight is 287 g/mol. The molecule has 0 aliphatic rings. The Labute approximate surface area is 122 Å². The molecular formula is C15H17N3O3. The summed E-state index contributed by atoms with van der Waals surface area (Å²) in [6.45, 7) is 5.31. The number of rotatable bonds is 4. The van der Waals surface area contributed by atoms with Gasteiger partial charge < -0.3 is 10.5 Å². The summed E-state index contributed by atoms with van der Waals surface area (Å²) >= 11 is 0. The van der Waals surface area contributed by atoms with Crippen molar-refractivity contribution in [3.05, 3.63) is 57.3 Å². The van der Waals surface area contributed by atoms with E-state index in [2.05, 4.69) is 4.98 Å². The first kappa shape index (κ1) is 14.9. The van der Waals surface area contributed by atoms with Crippen LogP contribution in [0, 0.1) is 24.0 Å². The Morgan fingerprint density at radius 3 is 2.62 bits per heavy atom. The van der Waals surface area contributed by atoms with Crippen LogP contribution in [0.2, 0.25) is 0 Å². The van der Waals surface area contributed by atoms with Gasteiger partial charge in [-0.05, 0) is 44.0 Å². The maximum Gasteiger partial charge on any atom is 0.272 e. The van der Waals surface area contributed by atoms with Crippen LogP contribution < -0.4 is 10.5 Å². The summed E-state index contributed by atoms with van der Waals surface area (Å²) in [7, 11) is 0. The van der Waals surface area contributed by atoms with E-state index in [0.29, 0.717) is 22.8 Å². The molecule has 0 saturated carbocycles. The van der Waals surface area contributed by atoms with Crippen molar-refractivity contribution >= 4 is 5.69 Å². The molecule has 0 spiro atoms. The fraction of sp³-hybridized carbons (Fsp3) is 0.267. The van der Waals surface area contributed by atoms with Crippen LogP contribution in [0.25, 0.3) is 0 Å². The first-order chi connectivity index (χ1) is 9.88. The summed E-state index contributed by atoms with van der Waals surface area (Å²) in [5.41, 5.74) is 8.04. The van der Waals surface area contributed by atoms with Gasteiger partial charge in [0, 0.05) is 29.9 Å². The second kappa shape index (κ2) is 5.88. The van der Waals surface area contributed by atoms with Gasteiger partial charge in [0.05, 0.1) is 4.92 Å². The van der Waals surface area contributed by atoms with E-state index in [-0.39, 0.29) is 11.7 Å². The van der Waals surface area contributed by atoms with Crippen LogP contribution in [-0.4, -0.2) is 9.91 Å². The van der Waals surface area contributed by atoms with Gasteiger partial charge in [-0.15, -0.1) is 0 Å². The highest BCUT2D eigenvalue weighted by atomic mass is 16.6. The van der Waals surface area contributed by atoms with Crippen molar-refractivity contribution in [2.45, 2.75) is 26.8 Å². The number of hydrogen-bond acceptors (Lipinski definition) is 5. The molecule has 0 radical (unpaired) electrons. The van der Waals surface area contributed by atoms with E-state index >= 15 is 0 Å². The van der Waals surface area contributed by atoms with Gasteiger partial charge in [0.1, 0.15) is 5.75 Å². The van der Waals surface area contributed by atoms with Crippen molar-refractivity contribution < 1.29 is 9.66 Å². The molecule has 0 aliphatic heterocycles. The number of ether oxygens (including phenoxy) is 1. The van der Waals surface area contributed by atoms with Crippen LogP contribution in [0.4, 0.5) is 5.69 Å². The first-order valence-corrected chi connectivity index (χ1v) is 6.53. The smallest absolute Gasteiger partial charge is 0.272 e. The second-order valence-electron chi connectivity index (χ2n) is 4.98. The SMILES string of the molecule is Cc1cc([N+](=O)[O-])c(C)cc1Oc1cc([C@H](C)N)ccn1. The molecule has 0 amide bonds. The number of nitrogens with two attached hydrogens (primary N) is 1.